The van der Waals surface area contributed by atoms with Crippen LogP contribution >= 0.6 is 0 Å². The van der Waals surface area contributed by atoms with Crippen molar-refractivity contribution in [2.45, 2.75) is 25.9 Å². The first kappa shape index (κ1) is 11.1. The zero-order valence-corrected chi connectivity index (χ0v) is 9.41. The first-order valence-electron chi connectivity index (χ1n) is 5.77. The summed E-state index contributed by atoms with van der Waals surface area (Å²) in [6.07, 6.45) is 3.94. The molecule has 0 saturated heterocycles. The maximum atomic E-state index is 7.35. The van der Waals surface area contributed by atoms with Crippen LogP contribution in [0, 0.1) is 11.3 Å². The van der Waals surface area contributed by atoms with Crippen LogP contribution in [0.1, 0.15) is 30.4 Å². The van der Waals surface area contributed by atoms with E-state index < -0.39 is 0 Å². The fourth-order valence-corrected chi connectivity index (χ4v) is 1.68. The minimum atomic E-state index is 0.111. The number of nitrogen functional groups attached to an aromatic ring is 1. The summed E-state index contributed by atoms with van der Waals surface area (Å²) in [6.45, 7) is 1.46. The third-order valence-corrected chi connectivity index (χ3v) is 2.87. The molecule has 0 unspecified atom stereocenters. The Kier molecular flexibility index (Phi) is 3.57. The molecule has 0 aliphatic heterocycles. The smallest absolute Gasteiger partial charge is 0.122 e. The predicted octanol–water partition coefficient (Wildman–Crippen LogP) is 2.29. The van der Waals surface area contributed by atoms with E-state index >= 15 is 0 Å². The van der Waals surface area contributed by atoms with Crippen molar-refractivity contribution < 1.29 is 4.74 Å². The van der Waals surface area contributed by atoms with Gasteiger partial charge in [0, 0.05) is 12.2 Å². The van der Waals surface area contributed by atoms with Crippen LogP contribution in [0.3, 0.4) is 0 Å². The van der Waals surface area contributed by atoms with Gasteiger partial charge in [-0.3, -0.25) is 5.41 Å². The van der Waals surface area contributed by atoms with Crippen LogP contribution < -0.4 is 5.73 Å². The van der Waals surface area contributed by atoms with E-state index in [0.29, 0.717) is 6.61 Å². The van der Waals surface area contributed by atoms with E-state index in [1.165, 1.54) is 19.3 Å². The second kappa shape index (κ2) is 5.12. The lowest BCUT2D eigenvalue weighted by Gasteiger charge is -2.05. The molecule has 1 saturated carbocycles. The monoisotopic (exact) mass is 218 g/mol. The summed E-state index contributed by atoms with van der Waals surface area (Å²) in [6, 6.07) is 7.68. The molecule has 16 heavy (non-hydrogen) atoms. The molecule has 2 rings (SSSR count). The second-order valence-corrected chi connectivity index (χ2v) is 4.40. The topological polar surface area (TPSA) is 59.1 Å². The maximum absolute atomic E-state index is 7.35. The number of rotatable bonds is 6. The SMILES string of the molecule is N=C(N)c1cccc(COCCC2CC2)c1. The van der Waals surface area contributed by atoms with Gasteiger partial charge in [-0.05, 0) is 24.0 Å². The number of hydrogen-bond acceptors (Lipinski definition) is 2. The van der Waals surface area contributed by atoms with Crippen LogP contribution in [0.15, 0.2) is 24.3 Å². The van der Waals surface area contributed by atoms with Crippen molar-refractivity contribution in [1.82, 2.24) is 0 Å². The molecule has 3 N–H and O–H groups in total. The van der Waals surface area contributed by atoms with Crippen molar-refractivity contribution >= 4 is 5.84 Å². The van der Waals surface area contributed by atoms with Crippen LogP contribution in [-0.2, 0) is 11.3 Å². The highest BCUT2D eigenvalue weighted by Gasteiger charge is 2.20. The van der Waals surface area contributed by atoms with Gasteiger partial charge in [0.15, 0.2) is 0 Å². The lowest BCUT2D eigenvalue weighted by Crippen LogP contribution is -2.11. The fraction of sp³-hybridized carbons (Fsp3) is 0.462. The van der Waals surface area contributed by atoms with Crippen molar-refractivity contribution in [3.63, 3.8) is 0 Å². The van der Waals surface area contributed by atoms with Crippen molar-refractivity contribution in [2.24, 2.45) is 11.7 Å². The average molecular weight is 218 g/mol. The third-order valence-electron chi connectivity index (χ3n) is 2.87. The molecule has 3 heteroatoms. The molecule has 86 valence electrons. The van der Waals surface area contributed by atoms with E-state index in [4.69, 9.17) is 15.9 Å². The number of amidine groups is 1. The van der Waals surface area contributed by atoms with Crippen molar-refractivity contribution in [1.29, 1.82) is 5.41 Å². The molecule has 1 aliphatic rings. The van der Waals surface area contributed by atoms with E-state index in [1.54, 1.807) is 0 Å². The van der Waals surface area contributed by atoms with Gasteiger partial charge in [-0.2, -0.15) is 0 Å². The molecule has 0 spiro atoms. The van der Waals surface area contributed by atoms with E-state index in [9.17, 15) is 0 Å². The molecule has 1 aromatic rings. The Morgan fingerprint density at radius 3 is 2.94 bits per heavy atom. The summed E-state index contributed by atoms with van der Waals surface area (Å²) < 4.78 is 5.59. The van der Waals surface area contributed by atoms with Crippen molar-refractivity contribution in [3.8, 4) is 0 Å². The molecule has 1 aromatic carbocycles. The Balaban J connectivity index is 1.78. The van der Waals surface area contributed by atoms with E-state index in [-0.39, 0.29) is 5.84 Å². The number of nitrogens with two attached hydrogens (primary N) is 1. The number of benzene rings is 1. The lowest BCUT2D eigenvalue weighted by atomic mass is 10.1. The predicted molar refractivity (Wildman–Crippen MR) is 64.5 cm³/mol. The molecule has 1 aliphatic carbocycles. The van der Waals surface area contributed by atoms with Gasteiger partial charge in [0.2, 0.25) is 0 Å². The largest absolute Gasteiger partial charge is 0.384 e. The van der Waals surface area contributed by atoms with Crippen molar-refractivity contribution in [3.05, 3.63) is 35.4 Å². The van der Waals surface area contributed by atoms with Gasteiger partial charge >= 0.3 is 0 Å². The van der Waals surface area contributed by atoms with Gasteiger partial charge in [-0.1, -0.05) is 31.0 Å². The molecule has 0 atom stereocenters. The van der Waals surface area contributed by atoms with E-state index in [0.717, 1.165) is 23.7 Å². The van der Waals surface area contributed by atoms with Gasteiger partial charge in [-0.15, -0.1) is 0 Å². The number of ether oxygens (including phenoxy) is 1. The molecule has 0 radical (unpaired) electrons. The minimum absolute atomic E-state index is 0.111. The summed E-state index contributed by atoms with van der Waals surface area (Å²) >= 11 is 0. The van der Waals surface area contributed by atoms with Crippen LogP contribution in [0.4, 0.5) is 0 Å². The number of nitrogens with one attached hydrogen (secondary N) is 1. The lowest BCUT2D eigenvalue weighted by molar-refractivity contribution is 0.115. The van der Waals surface area contributed by atoms with Crippen LogP contribution in [0.25, 0.3) is 0 Å². The van der Waals surface area contributed by atoms with Crippen LogP contribution in [0.5, 0.6) is 0 Å². The molecule has 0 amide bonds. The van der Waals surface area contributed by atoms with Gasteiger partial charge in [0.05, 0.1) is 6.61 Å². The first-order chi connectivity index (χ1) is 7.75. The normalized spacial score (nSPS) is 15.0. The van der Waals surface area contributed by atoms with Gasteiger partial charge in [-0.25, -0.2) is 0 Å². The first-order valence-corrected chi connectivity index (χ1v) is 5.77. The minimum Gasteiger partial charge on any atom is -0.384 e. The Bertz CT molecular complexity index is 372. The van der Waals surface area contributed by atoms with Crippen molar-refractivity contribution in [2.75, 3.05) is 6.61 Å². The zero-order chi connectivity index (χ0) is 11.4. The Morgan fingerprint density at radius 1 is 1.44 bits per heavy atom. The summed E-state index contributed by atoms with van der Waals surface area (Å²) in [7, 11) is 0. The van der Waals surface area contributed by atoms with Gasteiger partial charge in [0.1, 0.15) is 5.84 Å². The Hall–Kier alpha value is -1.35. The molecular formula is C13H18N2O. The standard InChI is InChI=1S/C13H18N2O/c14-13(15)12-3-1-2-11(8-12)9-16-7-6-10-4-5-10/h1-3,8,10H,4-7,9H2,(H3,14,15). The number of hydrogen-bond donors (Lipinski definition) is 2. The van der Waals surface area contributed by atoms with E-state index in [2.05, 4.69) is 0 Å². The van der Waals surface area contributed by atoms with Gasteiger partial charge < -0.3 is 10.5 Å². The second-order valence-electron chi connectivity index (χ2n) is 4.40. The molecule has 0 aromatic heterocycles. The molecule has 3 nitrogen and oxygen atoms in total. The summed E-state index contributed by atoms with van der Waals surface area (Å²) in [5, 5.41) is 7.35. The molecule has 0 heterocycles. The van der Waals surface area contributed by atoms with Crippen LogP contribution in [0.2, 0.25) is 0 Å². The highest BCUT2D eigenvalue weighted by atomic mass is 16.5. The average Bonchev–Trinajstić information content (AvgIpc) is 3.09. The Labute approximate surface area is 96.1 Å². The summed E-state index contributed by atoms with van der Waals surface area (Å²) in [4.78, 5) is 0. The Morgan fingerprint density at radius 2 is 2.25 bits per heavy atom. The highest BCUT2D eigenvalue weighted by molar-refractivity contribution is 5.95. The zero-order valence-electron chi connectivity index (χ0n) is 9.41. The summed E-state index contributed by atoms with van der Waals surface area (Å²) in [5.74, 6) is 1.03. The van der Waals surface area contributed by atoms with Gasteiger partial charge in [0.25, 0.3) is 0 Å². The van der Waals surface area contributed by atoms with Crippen LogP contribution in [-0.4, -0.2) is 12.4 Å². The fourth-order valence-electron chi connectivity index (χ4n) is 1.68. The molecule has 1 fully saturated rings. The third kappa shape index (κ3) is 3.35. The molecule has 0 bridgehead atoms. The van der Waals surface area contributed by atoms with E-state index in [1.807, 2.05) is 24.3 Å². The quantitative estimate of drug-likeness (QED) is 0.437. The molecular weight excluding hydrogens is 200 g/mol. The highest BCUT2D eigenvalue weighted by Crippen LogP contribution is 2.32. The summed E-state index contributed by atoms with van der Waals surface area (Å²) in [5.41, 5.74) is 7.28. The maximum Gasteiger partial charge on any atom is 0.122 e.